The molecular formula is C14H11F2N3O. The van der Waals surface area contributed by atoms with Crippen LogP contribution in [-0.2, 0) is 0 Å². The fourth-order valence-corrected chi connectivity index (χ4v) is 1.91. The highest BCUT2D eigenvalue weighted by Gasteiger charge is 2.12. The number of hydrogen-bond acceptors (Lipinski definition) is 3. The molecule has 0 unspecified atom stereocenters. The van der Waals surface area contributed by atoms with Crippen molar-refractivity contribution in [3.05, 3.63) is 42.0 Å². The average Bonchev–Trinajstić information content (AvgIpc) is 2.81. The molecule has 0 fully saturated rings. The molecule has 0 atom stereocenters. The van der Waals surface area contributed by atoms with Gasteiger partial charge >= 0.3 is 0 Å². The number of fused-ring (bicyclic) bond motifs is 1. The summed E-state index contributed by atoms with van der Waals surface area (Å²) < 4.78 is 31.9. The highest BCUT2D eigenvalue weighted by atomic mass is 19.1. The van der Waals surface area contributed by atoms with Gasteiger partial charge in [0.05, 0.1) is 17.7 Å². The maximum atomic E-state index is 13.7. The molecule has 0 aliphatic rings. The van der Waals surface area contributed by atoms with E-state index in [4.69, 9.17) is 4.74 Å². The normalized spacial score (nSPS) is 10.9. The van der Waals surface area contributed by atoms with Crippen molar-refractivity contribution in [3.8, 4) is 17.3 Å². The lowest BCUT2D eigenvalue weighted by molar-refractivity contribution is 0.328. The monoisotopic (exact) mass is 275 g/mol. The number of H-pyrrole nitrogens is 1. The van der Waals surface area contributed by atoms with E-state index in [1.54, 1.807) is 12.1 Å². The molecule has 4 nitrogen and oxygen atoms in total. The second-order valence-corrected chi connectivity index (χ2v) is 4.16. The van der Waals surface area contributed by atoms with Gasteiger partial charge < -0.3 is 9.72 Å². The third kappa shape index (κ3) is 2.20. The lowest BCUT2D eigenvalue weighted by atomic mass is 10.2. The molecule has 0 radical (unpaired) electrons. The van der Waals surface area contributed by atoms with E-state index in [9.17, 15) is 8.78 Å². The molecule has 1 N–H and O–H groups in total. The predicted molar refractivity (Wildman–Crippen MR) is 70.4 cm³/mol. The Labute approximate surface area is 113 Å². The molecule has 3 aromatic rings. The third-order valence-electron chi connectivity index (χ3n) is 2.80. The van der Waals surface area contributed by atoms with E-state index in [1.165, 1.54) is 12.1 Å². The fourth-order valence-electron chi connectivity index (χ4n) is 1.91. The van der Waals surface area contributed by atoms with Gasteiger partial charge in [-0.2, -0.15) is 4.98 Å². The Balaban J connectivity index is 2.08. The number of hydrogen-bond donors (Lipinski definition) is 1. The summed E-state index contributed by atoms with van der Waals surface area (Å²) in [6, 6.07) is 6.80. The zero-order valence-electron chi connectivity index (χ0n) is 10.7. The molecule has 0 saturated heterocycles. The van der Waals surface area contributed by atoms with Gasteiger partial charge in [-0.15, -0.1) is 0 Å². The zero-order valence-corrected chi connectivity index (χ0v) is 10.7. The Morgan fingerprint density at radius 1 is 1.15 bits per heavy atom. The van der Waals surface area contributed by atoms with Gasteiger partial charge in [0, 0.05) is 12.1 Å². The summed E-state index contributed by atoms with van der Waals surface area (Å²) in [7, 11) is 0. The van der Waals surface area contributed by atoms with Crippen LogP contribution in [0, 0.1) is 11.6 Å². The van der Waals surface area contributed by atoms with Gasteiger partial charge in [-0.25, -0.2) is 13.8 Å². The van der Waals surface area contributed by atoms with E-state index in [0.29, 0.717) is 29.5 Å². The molecule has 0 saturated carbocycles. The van der Waals surface area contributed by atoms with E-state index in [-0.39, 0.29) is 5.56 Å². The van der Waals surface area contributed by atoms with Crippen LogP contribution in [0.5, 0.6) is 5.88 Å². The van der Waals surface area contributed by atoms with Gasteiger partial charge in [-0.1, -0.05) is 0 Å². The first kappa shape index (κ1) is 12.5. The first-order chi connectivity index (χ1) is 9.67. The van der Waals surface area contributed by atoms with Crippen LogP contribution in [0.15, 0.2) is 30.3 Å². The summed E-state index contributed by atoms with van der Waals surface area (Å²) >= 11 is 0. The number of benzene rings is 1. The molecule has 1 aromatic carbocycles. The minimum atomic E-state index is -0.672. The Kier molecular flexibility index (Phi) is 3.06. The van der Waals surface area contributed by atoms with E-state index < -0.39 is 11.6 Å². The van der Waals surface area contributed by atoms with Crippen LogP contribution in [0.25, 0.3) is 22.6 Å². The minimum absolute atomic E-state index is 0.197. The zero-order chi connectivity index (χ0) is 14.1. The summed E-state index contributed by atoms with van der Waals surface area (Å²) in [5, 5.41) is 0. The first-order valence-corrected chi connectivity index (χ1v) is 6.12. The summed E-state index contributed by atoms with van der Waals surface area (Å²) in [5.41, 5.74) is 1.28. The molecule has 0 aliphatic heterocycles. The summed E-state index contributed by atoms with van der Waals surface area (Å²) in [5.74, 6) is -0.538. The maximum absolute atomic E-state index is 13.7. The summed E-state index contributed by atoms with van der Waals surface area (Å²) in [6.45, 7) is 2.36. The Bertz CT molecular complexity index is 770. The largest absolute Gasteiger partial charge is 0.478 e. The van der Waals surface area contributed by atoms with Crippen LogP contribution in [0.2, 0.25) is 0 Å². The topological polar surface area (TPSA) is 50.8 Å². The third-order valence-corrected chi connectivity index (χ3v) is 2.80. The smallest absolute Gasteiger partial charge is 0.215 e. The van der Waals surface area contributed by atoms with Gasteiger partial charge in [-0.3, -0.25) is 0 Å². The summed E-state index contributed by atoms with van der Waals surface area (Å²) in [4.78, 5) is 11.4. The molecule has 0 spiro atoms. The van der Waals surface area contributed by atoms with Gasteiger partial charge in [0.2, 0.25) is 5.88 Å². The van der Waals surface area contributed by atoms with Crippen LogP contribution < -0.4 is 4.74 Å². The number of nitrogens with zero attached hydrogens (tertiary/aromatic N) is 2. The second-order valence-electron chi connectivity index (χ2n) is 4.16. The molecule has 2 heterocycles. The van der Waals surface area contributed by atoms with Crippen molar-refractivity contribution in [2.45, 2.75) is 6.92 Å². The molecule has 0 aliphatic carbocycles. The average molecular weight is 275 g/mol. The van der Waals surface area contributed by atoms with Gasteiger partial charge in [0.1, 0.15) is 17.5 Å². The SMILES string of the molecule is CCOc1ccc2[nH]c(-c3ccc(F)cc3F)nc2n1. The fraction of sp³-hybridized carbons (Fsp3) is 0.143. The molecular weight excluding hydrogens is 264 g/mol. The van der Waals surface area contributed by atoms with Crippen LogP contribution in [0.3, 0.4) is 0 Å². The van der Waals surface area contributed by atoms with Crippen LogP contribution in [0.4, 0.5) is 8.78 Å². The highest BCUT2D eigenvalue weighted by molar-refractivity contribution is 5.76. The molecule has 0 bridgehead atoms. The molecule has 0 amide bonds. The number of aromatic nitrogens is 3. The van der Waals surface area contributed by atoms with Crippen molar-refractivity contribution < 1.29 is 13.5 Å². The van der Waals surface area contributed by atoms with Crippen LogP contribution in [-0.4, -0.2) is 21.6 Å². The summed E-state index contributed by atoms with van der Waals surface area (Å²) in [6.07, 6.45) is 0. The number of imidazole rings is 1. The second kappa shape index (κ2) is 4.88. The van der Waals surface area contributed by atoms with E-state index >= 15 is 0 Å². The van der Waals surface area contributed by atoms with Crippen molar-refractivity contribution in [2.24, 2.45) is 0 Å². The van der Waals surface area contributed by atoms with E-state index in [2.05, 4.69) is 15.0 Å². The van der Waals surface area contributed by atoms with Crippen molar-refractivity contribution in [1.29, 1.82) is 0 Å². The predicted octanol–water partition coefficient (Wildman–Crippen LogP) is 3.30. The maximum Gasteiger partial charge on any atom is 0.215 e. The standard InChI is InChI=1S/C14H11F2N3O/c1-2-20-12-6-5-11-14(18-12)19-13(17-11)9-4-3-8(15)7-10(9)16/h3-7H,2H2,1H3,(H,17,18,19). The number of ether oxygens (including phenoxy) is 1. The van der Waals surface area contributed by atoms with Gasteiger partial charge in [0.15, 0.2) is 5.65 Å². The number of halogens is 2. The quantitative estimate of drug-likeness (QED) is 0.798. The molecule has 3 rings (SSSR count). The molecule has 6 heteroatoms. The lowest BCUT2D eigenvalue weighted by Crippen LogP contribution is -1.93. The van der Waals surface area contributed by atoms with Crippen LogP contribution in [0.1, 0.15) is 6.92 Å². The Morgan fingerprint density at radius 3 is 2.75 bits per heavy atom. The number of pyridine rings is 1. The van der Waals surface area contributed by atoms with Crippen molar-refractivity contribution in [1.82, 2.24) is 15.0 Å². The van der Waals surface area contributed by atoms with E-state index in [0.717, 1.165) is 6.07 Å². The number of aromatic amines is 1. The van der Waals surface area contributed by atoms with Gasteiger partial charge in [-0.05, 0) is 25.1 Å². The lowest BCUT2D eigenvalue weighted by Gasteiger charge is -1.99. The number of nitrogens with one attached hydrogen (secondary N) is 1. The first-order valence-electron chi connectivity index (χ1n) is 6.12. The van der Waals surface area contributed by atoms with Crippen molar-refractivity contribution >= 4 is 11.2 Å². The van der Waals surface area contributed by atoms with Gasteiger partial charge in [0.25, 0.3) is 0 Å². The minimum Gasteiger partial charge on any atom is -0.478 e. The molecule has 2 aromatic heterocycles. The number of rotatable bonds is 3. The highest BCUT2D eigenvalue weighted by Crippen LogP contribution is 2.24. The molecule has 20 heavy (non-hydrogen) atoms. The van der Waals surface area contributed by atoms with Crippen LogP contribution >= 0.6 is 0 Å². The van der Waals surface area contributed by atoms with E-state index in [1.807, 2.05) is 6.92 Å². The van der Waals surface area contributed by atoms with Crippen molar-refractivity contribution in [2.75, 3.05) is 6.61 Å². The Hall–Kier alpha value is -2.50. The Morgan fingerprint density at radius 2 is 2.00 bits per heavy atom. The van der Waals surface area contributed by atoms with Crippen molar-refractivity contribution in [3.63, 3.8) is 0 Å². The molecule has 102 valence electrons.